The molecule has 0 atom stereocenters. The van der Waals surface area contributed by atoms with Crippen molar-refractivity contribution in [2.45, 2.75) is 20.0 Å². The number of halogens is 1. The Kier molecular flexibility index (Phi) is 7.16. The van der Waals surface area contributed by atoms with E-state index in [2.05, 4.69) is 28.9 Å². The van der Waals surface area contributed by atoms with E-state index in [9.17, 15) is 9.59 Å². The second kappa shape index (κ2) is 10.2. The van der Waals surface area contributed by atoms with Crippen molar-refractivity contribution < 1.29 is 9.59 Å². The molecule has 0 aliphatic carbocycles. The molecule has 0 saturated carbocycles. The normalized spacial score (nSPS) is 13.0. The van der Waals surface area contributed by atoms with Gasteiger partial charge in [-0.15, -0.1) is 0 Å². The van der Waals surface area contributed by atoms with E-state index >= 15 is 0 Å². The first-order chi connectivity index (χ1) is 16.0. The first-order valence-corrected chi connectivity index (χ1v) is 11.6. The zero-order chi connectivity index (χ0) is 23.4. The average molecular weight is 465 g/mol. The molecule has 0 unspecified atom stereocenters. The number of benzene rings is 2. The van der Waals surface area contributed by atoms with Crippen LogP contribution >= 0.6 is 11.6 Å². The smallest absolute Gasteiger partial charge is 0.260 e. The Morgan fingerprint density at radius 1 is 1.03 bits per heavy atom. The van der Waals surface area contributed by atoms with Gasteiger partial charge in [-0.25, -0.2) is 0 Å². The molecule has 6 nitrogen and oxygen atoms in total. The van der Waals surface area contributed by atoms with Gasteiger partial charge in [0.25, 0.3) is 11.8 Å². The van der Waals surface area contributed by atoms with Crippen LogP contribution in [0.2, 0.25) is 5.02 Å². The summed E-state index contributed by atoms with van der Waals surface area (Å²) in [6.45, 7) is 6.33. The molecule has 1 aromatic heterocycles. The summed E-state index contributed by atoms with van der Waals surface area (Å²) in [5.74, 6) is -0.155. The molecule has 7 heteroatoms. The average Bonchev–Trinajstić information content (AvgIpc) is 3.46. The van der Waals surface area contributed by atoms with Crippen LogP contribution in [0, 0.1) is 0 Å². The van der Waals surface area contributed by atoms with Gasteiger partial charge in [0, 0.05) is 56.4 Å². The topological polar surface area (TPSA) is 48.8 Å². The van der Waals surface area contributed by atoms with Crippen molar-refractivity contribution in [3.8, 4) is 0 Å². The number of fused-ring (bicyclic) bond motifs is 1. The molecule has 3 aromatic rings. The van der Waals surface area contributed by atoms with Gasteiger partial charge >= 0.3 is 0 Å². The van der Waals surface area contributed by atoms with Crippen molar-refractivity contribution in [2.24, 2.45) is 0 Å². The van der Waals surface area contributed by atoms with Crippen LogP contribution in [0.1, 0.15) is 33.2 Å². The number of rotatable bonds is 9. The molecule has 0 N–H and O–H groups in total. The molecule has 0 saturated heterocycles. The zero-order valence-corrected chi connectivity index (χ0v) is 19.8. The van der Waals surface area contributed by atoms with E-state index in [0.717, 1.165) is 25.2 Å². The summed E-state index contributed by atoms with van der Waals surface area (Å²) in [7, 11) is 2.07. The van der Waals surface area contributed by atoms with Crippen LogP contribution in [0.5, 0.6) is 0 Å². The Labute approximate surface area is 200 Å². The highest BCUT2D eigenvalue weighted by Crippen LogP contribution is 2.32. The maximum atomic E-state index is 13.2. The van der Waals surface area contributed by atoms with Gasteiger partial charge in [-0.1, -0.05) is 29.8 Å². The van der Waals surface area contributed by atoms with Gasteiger partial charge in [0.05, 0.1) is 17.1 Å². The molecule has 2 aromatic carbocycles. The van der Waals surface area contributed by atoms with E-state index in [0.29, 0.717) is 41.5 Å². The standard InChI is InChI=1S/C26H29ClN4O2/c1-3-30(17-15-28(2)14-16-29-12-4-5-13-29)25(32)20-8-6-10-22(18-20)31-19-21-9-7-11-23(27)24(21)26(31)33/h4-13,18H,3,14-17,19H2,1-2H3. The third-order valence-corrected chi connectivity index (χ3v) is 6.43. The highest BCUT2D eigenvalue weighted by atomic mass is 35.5. The van der Waals surface area contributed by atoms with Gasteiger partial charge in [0.15, 0.2) is 0 Å². The molecule has 1 aliphatic rings. The fourth-order valence-corrected chi connectivity index (χ4v) is 4.40. The molecule has 1 aliphatic heterocycles. The summed E-state index contributed by atoms with van der Waals surface area (Å²) in [4.78, 5) is 31.9. The summed E-state index contributed by atoms with van der Waals surface area (Å²) in [6, 6.07) is 16.9. The van der Waals surface area contributed by atoms with Crippen molar-refractivity contribution in [1.82, 2.24) is 14.4 Å². The minimum absolute atomic E-state index is 0.0275. The summed E-state index contributed by atoms with van der Waals surface area (Å²) in [5.41, 5.74) is 2.74. The van der Waals surface area contributed by atoms with E-state index in [1.165, 1.54) is 0 Å². The van der Waals surface area contributed by atoms with Gasteiger partial charge in [0.1, 0.15) is 0 Å². The molecule has 0 bridgehead atoms. The summed E-state index contributed by atoms with van der Waals surface area (Å²) in [5, 5.41) is 0.463. The number of hydrogen-bond acceptors (Lipinski definition) is 3. The number of likely N-dealkylation sites (N-methyl/N-ethyl adjacent to an activating group) is 2. The van der Waals surface area contributed by atoms with E-state index in [1.807, 2.05) is 54.3 Å². The Morgan fingerprint density at radius 2 is 1.79 bits per heavy atom. The Bertz CT molecular complexity index is 1130. The molecule has 4 rings (SSSR count). The fraction of sp³-hybridized carbons (Fsp3) is 0.308. The SMILES string of the molecule is CCN(CCN(C)CCn1cccc1)C(=O)c1cccc(N2Cc3cccc(Cl)c3C2=O)c1. The second-order valence-corrected chi connectivity index (χ2v) is 8.73. The molecule has 33 heavy (non-hydrogen) atoms. The largest absolute Gasteiger partial charge is 0.353 e. The van der Waals surface area contributed by atoms with Crippen LogP contribution < -0.4 is 4.90 Å². The lowest BCUT2D eigenvalue weighted by Gasteiger charge is -2.25. The molecular weight excluding hydrogens is 436 g/mol. The quantitative estimate of drug-likeness (QED) is 0.471. The molecule has 0 radical (unpaired) electrons. The lowest BCUT2D eigenvalue weighted by Crippen LogP contribution is -2.38. The number of carbonyl (C=O) groups excluding carboxylic acids is 2. The third-order valence-electron chi connectivity index (χ3n) is 6.12. The molecule has 2 amide bonds. The van der Waals surface area contributed by atoms with Crippen molar-refractivity contribution >= 4 is 29.1 Å². The monoisotopic (exact) mass is 464 g/mol. The van der Waals surface area contributed by atoms with Crippen LogP contribution in [0.4, 0.5) is 5.69 Å². The van der Waals surface area contributed by atoms with Crippen molar-refractivity contribution in [3.05, 3.63) is 88.7 Å². The minimum Gasteiger partial charge on any atom is -0.353 e. The van der Waals surface area contributed by atoms with E-state index in [4.69, 9.17) is 11.6 Å². The first-order valence-electron chi connectivity index (χ1n) is 11.3. The van der Waals surface area contributed by atoms with Gasteiger partial charge in [-0.2, -0.15) is 0 Å². The second-order valence-electron chi connectivity index (χ2n) is 8.32. The zero-order valence-electron chi connectivity index (χ0n) is 19.1. The minimum atomic E-state index is -0.128. The summed E-state index contributed by atoms with van der Waals surface area (Å²) >= 11 is 6.26. The Morgan fingerprint density at radius 3 is 2.52 bits per heavy atom. The number of anilines is 1. The number of hydrogen-bond donors (Lipinski definition) is 0. The van der Waals surface area contributed by atoms with Gasteiger partial charge in [0.2, 0.25) is 0 Å². The Hall–Kier alpha value is -3.09. The fourth-order valence-electron chi connectivity index (χ4n) is 4.13. The maximum Gasteiger partial charge on any atom is 0.260 e. The van der Waals surface area contributed by atoms with Crippen LogP contribution in [-0.2, 0) is 13.1 Å². The van der Waals surface area contributed by atoms with Crippen LogP contribution in [-0.4, -0.2) is 59.4 Å². The summed E-state index contributed by atoms with van der Waals surface area (Å²) in [6.07, 6.45) is 4.11. The lowest BCUT2D eigenvalue weighted by atomic mass is 10.1. The first kappa shape index (κ1) is 23.1. The van der Waals surface area contributed by atoms with Gasteiger partial charge in [-0.3, -0.25) is 9.59 Å². The van der Waals surface area contributed by atoms with Crippen molar-refractivity contribution in [3.63, 3.8) is 0 Å². The molecule has 2 heterocycles. The molecule has 0 spiro atoms. The van der Waals surface area contributed by atoms with Gasteiger partial charge < -0.3 is 19.3 Å². The van der Waals surface area contributed by atoms with E-state index < -0.39 is 0 Å². The van der Waals surface area contributed by atoms with E-state index in [1.54, 1.807) is 17.0 Å². The maximum absolute atomic E-state index is 13.2. The highest BCUT2D eigenvalue weighted by molar-refractivity contribution is 6.35. The molecular formula is C26H29ClN4O2. The van der Waals surface area contributed by atoms with Crippen molar-refractivity contribution in [2.75, 3.05) is 38.1 Å². The lowest BCUT2D eigenvalue weighted by molar-refractivity contribution is 0.0749. The number of carbonyl (C=O) groups is 2. The Balaban J connectivity index is 1.40. The summed E-state index contributed by atoms with van der Waals surface area (Å²) < 4.78 is 2.15. The van der Waals surface area contributed by atoms with E-state index in [-0.39, 0.29) is 11.8 Å². The number of aromatic nitrogens is 1. The van der Waals surface area contributed by atoms with Crippen LogP contribution in [0.15, 0.2) is 67.0 Å². The molecule has 172 valence electrons. The third kappa shape index (κ3) is 5.13. The van der Waals surface area contributed by atoms with Crippen LogP contribution in [0.3, 0.4) is 0 Å². The number of nitrogens with zero attached hydrogens (tertiary/aromatic N) is 4. The van der Waals surface area contributed by atoms with Crippen LogP contribution in [0.25, 0.3) is 0 Å². The van der Waals surface area contributed by atoms with Crippen molar-refractivity contribution in [1.29, 1.82) is 0 Å². The van der Waals surface area contributed by atoms with Gasteiger partial charge in [-0.05, 0) is 55.9 Å². The predicted octanol–water partition coefficient (Wildman–Crippen LogP) is 4.40. The highest BCUT2D eigenvalue weighted by Gasteiger charge is 2.31. The number of amides is 2. The molecule has 0 fully saturated rings. The predicted molar refractivity (Wildman–Crippen MR) is 132 cm³/mol.